The maximum absolute atomic E-state index is 13.1. The van der Waals surface area contributed by atoms with Crippen molar-refractivity contribution in [1.29, 1.82) is 0 Å². The van der Waals surface area contributed by atoms with Gasteiger partial charge in [-0.15, -0.1) is 0 Å². The Kier molecular flexibility index (Phi) is 7.61. The third kappa shape index (κ3) is 5.47. The molecule has 1 amide bonds. The zero-order valence-corrected chi connectivity index (χ0v) is 19.7. The fraction of sp³-hybridized carbons (Fsp3) is 0.192. The SMILES string of the molecule is CCOCCN1C(=O)/C(=C/c2ccc(-c3ccc(C(=O)OC)cc3)o2)SC1=Nc1ccccc1. The molecule has 0 radical (unpaired) electrons. The van der Waals surface area contributed by atoms with Crippen molar-refractivity contribution in [3.63, 3.8) is 0 Å². The minimum atomic E-state index is -0.393. The number of amides is 1. The summed E-state index contributed by atoms with van der Waals surface area (Å²) in [5.41, 5.74) is 2.05. The number of para-hydroxylation sites is 1. The van der Waals surface area contributed by atoms with Gasteiger partial charge in [0.15, 0.2) is 5.17 Å². The summed E-state index contributed by atoms with van der Waals surface area (Å²) >= 11 is 1.31. The average Bonchev–Trinajstić information content (AvgIpc) is 3.45. The zero-order chi connectivity index (χ0) is 23.9. The highest BCUT2D eigenvalue weighted by Gasteiger charge is 2.33. The Morgan fingerprint density at radius 2 is 1.85 bits per heavy atom. The van der Waals surface area contributed by atoms with Gasteiger partial charge in [-0.05, 0) is 55.1 Å². The van der Waals surface area contributed by atoms with E-state index in [1.165, 1.54) is 18.9 Å². The van der Waals surface area contributed by atoms with E-state index >= 15 is 0 Å². The number of ether oxygens (including phenoxy) is 2. The van der Waals surface area contributed by atoms with Crippen molar-refractivity contribution >= 4 is 40.6 Å². The van der Waals surface area contributed by atoms with Gasteiger partial charge in [0.25, 0.3) is 5.91 Å². The van der Waals surface area contributed by atoms with E-state index < -0.39 is 5.97 Å². The van der Waals surface area contributed by atoms with Crippen LogP contribution in [-0.2, 0) is 14.3 Å². The Morgan fingerprint density at radius 1 is 1.09 bits per heavy atom. The van der Waals surface area contributed by atoms with Gasteiger partial charge in [0.2, 0.25) is 0 Å². The van der Waals surface area contributed by atoms with Crippen LogP contribution in [0.5, 0.6) is 0 Å². The second-order valence-corrected chi connectivity index (χ2v) is 8.27. The van der Waals surface area contributed by atoms with E-state index in [-0.39, 0.29) is 5.91 Å². The number of benzene rings is 2. The van der Waals surface area contributed by atoms with E-state index in [4.69, 9.17) is 13.9 Å². The number of amidine groups is 1. The lowest BCUT2D eigenvalue weighted by molar-refractivity contribution is -0.122. The van der Waals surface area contributed by atoms with E-state index in [0.717, 1.165) is 11.3 Å². The summed E-state index contributed by atoms with van der Waals surface area (Å²) in [6, 6.07) is 20.1. The predicted molar refractivity (Wildman–Crippen MR) is 133 cm³/mol. The number of esters is 1. The highest BCUT2D eigenvalue weighted by Crippen LogP contribution is 2.35. The molecule has 174 valence electrons. The number of carbonyl (C=O) groups excluding carboxylic acids is 2. The fourth-order valence-corrected chi connectivity index (χ4v) is 4.31. The molecule has 1 fully saturated rings. The van der Waals surface area contributed by atoms with E-state index in [9.17, 15) is 9.59 Å². The van der Waals surface area contributed by atoms with Crippen molar-refractivity contribution in [2.24, 2.45) is 4.99 Å². The lowest BCUT2D eigenvalue weighted by Gasteiger charge is -2.15. The van der Waals surface area contributed by atoms with Gasteiger partial charge in [-0.25, -0.2) is 9.79 Å². The van der Waals surface area contributed by atoms with Crippen LogP contribution in [0.3, 0.4) is 0 Å². The molecule has 2 aromatic carbocycles. The van der Waals surface area contributed by atoms with Gasteiger partial charge in [0.1, 0.15) is 11.5 Å². The van der Waals surface area contributed by atoms with E-state index in [2.05, 4.69) is 4.99 Å². The molecule has 1 aliphatic heterocycles. The molecular formula is C26H24N2O5S. The van der Waals surface area contributed by atoms with Crippen LogP contribution in [0.2, 0.25) is 0 Å². The largest absolute Gasteiger partial charge is 0.465 e. The first kappa shape index (κ1) is 23.5. The van der Waals surface area contributed by atoms with Crippen LogP contribution < -0.4 is 0 Å². The summed E-state index contributed by atoms with van der Waals surface area (Å²) in [6.07, 6.45) is 1.72. The summed E-state index contributed by atoms with van der Waals surface area (Å²) in [6.45, 7) is 3.34. The Balaban J connectivity index is 1.56. The van der Waals surface area contributed by atoms with E-state index in [1.807, 2.05) is 43.3 Å². The Bertz CT molecular complexity index is 1220. The number of hydrogen-bond acceptors (Lipinski definition) is 7. The van der Waals surface area contributed by atoms with E-state index in [0.29, 0.717) is 46.9 Å². The Hall–Kier alpha value is -3.62. The van der Waals surface area contributed by atoms with Crippen molar-refractivity contribution in [3.8, 4) is 11.3 Å². The molecule has 0 aliphatic carbocycles. The highest BCUT2D eigenvalue weighted by atomic mass is 32.2. The van der Waals surface area contributed by atoms with Gasteiger partial charge >= 0.3 is 5.97 Å². The number of hydrogen-bond donors (Lipinski definition) is 0. The van der Waals surface area contributed by atoms with Crippen LogP contribution in [0, 0.1) is 0 Å². The van der Waals surface area contributed by atoms with Gasteiger partial charge in [-0.2, -0.15) is 0 Å². The van der Waals surface area contributed by atoms with Crippen LogP contribution >= 0.6 is 11.8 Å². The molecule has 0 unspecified atom stereocenters. The summed E-state index contributed by atoms with van der Waals surface area (Å²) in [5, 5.41) is 0.604. The summed E-state index contributed by atoms with van der Waals surface area (Å²) in [4.78, 5) is 31.6. The molecule has 0 N–H and O–H groups in total. The first-order valence-corrected chi connectivity index (χ1v) is 11.6. The first-order chi connectivity index (χ1) is 16.6. The van der Waals surface area contributed by atoms with Crippen molar-refractivity contribution < 1.29 is 23.5 Å². The lowest BCUT2D eigenvalue weighted by atomic mass is 10.1. The van der Waals surface area contributed by atoms with Gasteiger partial charge in [0.05, 0.1) is 36.4 Å². The molecule has 0 spiro atoms. The van der Waals surface area contributed by atoms with Crippen LogP contribution in [0.1, 0.15) is 23.0 Å². The number of furan rings is 1. The highest BCUT2D eigenvalue weighted by molar-refractivity contribution is 8.18. The van der Waals surface area contributed by atoms with Crippen LogP contribution in [0.4, 0.5) is 5.69 Å². The molecule has 0 bridgehead atoms. The predicted octanol–water partition coefficient (Wildman–Crippen LogP) is 5.37. The number of carbonyl (C=O) groups is 2. The number of nitrogens with zero attached hydrogens (tertiary/aromatic N) is 2. The summed E-state index contributed by atoms with van der Waals surface area (Å²) < 4.78 is 16.1. The lowest BCUT2D eigenvalue weighted by Crippen LogP contribution is -2.32. The third-order valence-electron chi connectivity index (χ3n) is 5.02. The maximum Gasteiger partial charge on any atom is 0.337 e. The quantitative estimate of drug-likeness (QED) is 0.247. The molecule has 0 atom stereocenters. The van der Waals surface area contributed by atoms with Gasteiger partial charge in [0, 0.05) is 18.2 Å². The van der Waals surface area contributed by atoms with Crippen LogP contribution in [-0.4, -0.2) is 48.8 Å². The third-order valence-corrected chi connectivity index (χ3v) is 6.03. The van der Waals surface area contributed by atoms with Crippen LogP contribution in [0.25, 0.3) is 17.4 Å². The standard InChI is InChI=1S/C26H24N2O5S/c1-3-32-16-15-28-24(29)23(34-26(28)27-20-7-5-4-6-8-20)17-21-13-14-22(33-21)18-9-11-19(12-10-18)25(30)31-2/h4-14,17H,3,15-16H2,1-2H3/b23-17-,27-26?. The van der Waals surface area contributed by atoms with Crippen molar-refractivity contribution in [3.05, 3.63) is 83.0 Å². The second-order valence-electron chi connectivity index (χ2n) is 7.27. The molecule has 4 rings (SSSR count). The number of rotatable bonds is 8. The topological polar surface area (TPSA) is 81.3 Å². The molecule has 1 aromatic heterocycles. The fourth-order valence-electron chi connectivity index (χ4n) is 3.30. The minimum absolute atomic E-state index is 0.139. The molecule has 7 nitrogen and oxygen atoms in total. The summed E-state index contributed by atoms with van der Waals surface area (Å²) in [5.74, 6) is 0.647. The minimum Gasteiger partial charge on any atom is -0.465 e. The number of methoxy groups -OCH3 is 1. The monoisotopic (exact) mass is 476 g/mol. The normalized spacial score (nSPS) is 15.9. The van der Waals surface area contributed by atoms with Crippen LogP contribution in [0.15, 0.2) is 81.0 Å². The molecule has 0 saturated carbocycles. The Morgan fingerprint density at radius 3 is 2.56 bits per heavy atom. The average molecular weight is 477 g/mol. The number of thioether (sulfide) groups is 1. The Labute approximate surface area is 202 Å². The molecule has 8 heteroatoms. The van der Waals surface area contributed by atoms with Crippen molar-refractivity contribution in [1.82, 2.24) is 4.90 Å². The molecule has 1 aliphatic rings. The summed E-state index contributed by atoms with van der Waals surface area (Å²) in [7, 11) is 1.35. The van der Waals surface area contributed by atoms with Crippen molar-refractivity contribution in [2.75, 3.05) is 26.9 Å². The van der Waals surface area contributed by atoms with Crippen molar-refractivity contribution in [2.45, 2.75) is 6.92 Å². The first-order valence-electron chi connectivity index (χ1n) is 10.8. The van der Waals surface area contributed by atoms with E-state index in [1.54, 1.807) is 41.3 Å². The maximum atomic E-state index is 13.1. The molecular weight excluding hydrogens is 452 g/mol. The molecule has 2 heterocycles. The van der Waals surface area contributed by atoms with Gasteiger partial charge in [-0.1, -0.05) is 30.3 Å². The molecule has 3 aromatic rings. The smallest absolute Gasteiger partial charge is 0.337 e. The van der Waals surface area contributed by atoms with Gasteiger partial charge in [-0.3, -0.25) is 9.69 Å². The molecule has 1 saturated heterocycles. The second kappa shape index (κ2) is 11.0. The van der Waals surface area contributed by atoms with Gasteiger partial charge < -0.3 is 13.9 Å². The zero-order valence-electron chi connectivity index (χ0n) is 18.9. The molecule has 34 heavy (non-hydrogen) atoms. The number of aliphatic imine (C=N–C) groups is 1.